The summed E-state index contributed by atoms with van der Waals surface area (Å²) in [5.41, 5.74) is 1.66. The molecule has 0 aliphatic heterocycles. The molecule has 0 unspecified atom stereocenters. The predicted molar refractivity (Wildman–Crippen MR) is 81.8 cm³/mol. The zero-order chi connectivity index (χ0) is 15.4. The first-order valence-corrected chi connectivity index (χ1v) is 7.34. The van der Waals surface area contributed by atoms with Crippen molar-refractivity contribution in [1.29, 1.82) is 0 Å². The molecule has 0 aromatic heterocycles. The normalized spacial score (nSPS) is 14.2. The Morgan fingerprint density at radius 3 is 2.38 bits per heavy atom. The number of carbonyl (C=O) groups is 3. The van der Waals surface area contributed by atoms with Gasteiger partial charge in [-0.3, -0.25) is 14.4 Å². The van der Waals surface area contributed by atoms with Crippen LogP contribution in [0.4, 0.5) is 0 Å². The molecule has 0 saturated heterocycles. The van der Waals surface area contributed by atoms with Crippen LogP contribution < -0.4 is 0 Å². The van der Waals surface area contributed by atoms with Gasteiger partial charge in [0.25, 0.3) is 0 Å². The highest BCUT2D eigenvalue weighted by Gasteiger charge is 2.29. The van der Waals surface area contributed by atoms with E-state index in [-0.39, 0.29) is 37.0 Å². The Balaban J connectivity index is 2.17. The van der Waals surface area contributed by atoms with E-state index in [1.54, 1.807) is 31.2 Å². The molecule has 5 heteroatoms. The molecule has 0 atom stereocenters. The molecule has 1 aliphatic rings. The van der Waals surface area contributed by atoms with Crippen molar-refractivity contribution >= 4 is 30.2 Å². The van der Waals surface area contributed by atoms with Crippen molar-refractivity contribution in [1.82, 2.24) is 0 Å². The second kappa shape index (κ2) is 6.72. The molecule has 1 aromatic carbocycles. The molecule has 21 heavy (non-hydrogen) atoms. The van der Waals surface area contributed by atoms with Crippen LogP contribution >= 0.6 is 12.6 Å². The molecular weight excluding hydrogens is 288 g/mol. The fourth-order valence-corrected chi connectivity index (χ4v) is 2.40. The molecule has 0 bridgehead atoms. The summed E-state index contributed by atoms with van der Waals surface area (Å²) in [5, 5.41) is 0. The monoisotopic (exact) mass is 304 g/mol. The molecule has 0 radical (unpaired) electrons. The molecule has 4 nitrogen and oxygen atoms in total. The van der Waals surface area contributed by atoms with Crippen LogP contribution in [0.5, 0.6) is 0 Å². The Kier molecular flexibility index (Phi) is 4.96. The van der Waals surface area contributed by atoms with Crippen LogP contribution in [-0.2, 0) is 9.53 Å². The van der Waals surface area contributed by atoms with Gasteiger partial charge >= 0.3 is 5.97 Å². The van der Waals surface area contributed by atoms with Gasteiger partial charge in [0.2, 0.25) is 0 Å². The molecule has 1 aliphatic carbocycles. The van der Waals surface area contributed by atoms with Gasteiger partial charge in [-0.05, 0) is 13.3 Å². The lowest BCUT2D eigenvalue weighted by Crippen LogP contribution is -2.21. The Hall–Kier alpha value is -1.88. The van der Waals surface area contributed by atoms with Gasteiger partial charge in [-0.25, -0.2) is 0 Å². The predicted octanol–water partition coefficient (Wildman–Crippen LogP) is 2.64. The van der Waals surface area contributed by atoms with Crippen molar-refractivity contribution in [3.63, 3.8) is 0 Å². The summed E-state index contributed by atoms with van der Waals surface area (Å²) < 4.78 is 4.91. The first-order chi connectivity index (χ1) is 10.1. The summed E-state index contributed by atoms with van der Waals surface area (Å²) in [5.74, 6) is -0.254. The zero-order valence-corrected chi connectivity index (χ0v) is 12.6. The summed E-state index contributed by atoms with van der Waals surface area (Å²) in [6.07, 6.45) is 0.303. The van der Waals surface area contributed by atoms with E-state index in [4.69, 9.17) is 4.74 Å². The summed E-state index contributed by atoms with van der Waals surface area (Å²) in [6, 6.07) is 6.75. The minimum absolute atomic E-state index is 0.0850. The second-order valence-electron chi connectivity index (χ2n) is 4.75. The molecule has 0 amide bonds. The second-order valence-corrected chi connectivity index (χ2v) is 5.20. The third-order valence-electron chi connectivity index (χ3n) is 3.42. The third kappa shape index (κ3) is 3.24. The topological polar surface area (TPSA) is 60.4 Å². The van der Waals surface area contributed by atoms with Crippen molar-refractivity contribution in [2.24, 2.45) is 0 Å². The van der Waals surface area contributed by atoms with Gasteiger partial charge in [0.05, 0.1) is 0 Å². The van der Waals surface area contributed by atoms with Gasteiger partial charge in [-0.2, -0.15) is 12.6 Å². The van der Waals surface area contributed by atoms with Crippen LogP contribution in [0.2, 0.25) is 0 Å². The van der Waals surface area contributed by atoms with Crippen LogP contribution in [0.15, 0.2) is 35.4 Å². The van der Waals surface area contributed by atoms with E-state index in [9.17, 15) is 14.4 Å². The fraction of sp³-hybridized carbons (Fsp3) is 0.312. The Morgan fingerprint density at radius 2 is 1.76 bits per heavy atom. The Morgan fingerprint density at radius 1 is 1.14 bits per heavy atom. The van der Waals surface area contributed by atoms with E-state index in [1.807, 2.05) is 0 Å². The number of hydrogen-bond acceptors (Lipinski definition) is 5. The van der Waals surface area contributed by atoms with Gasteiger partial charge in [0.15, 0.2) is 11.6 Å². The molecule has 0 saturated carbocycles. The minimum atomic E-state index is -0.386. The number of rotatable bonds is 5. The Bertz CT molecular complexity index is 631. The number of fused-ring (bicyclic) bond motifs is 1. The molecule has 0 fully saturated rings. The van der Waals surface area contributed by atoms with Crippen LogP contribution in [-0.4, -0.2) is 29.9 Å². The maximum Gasteiger partial charge on any atom is 0.306 e. The average molecular weight is 304 g/mol. The van der Waals surface area contributed by atoms with Gasteiger partial charge in [0.1, 0.15) is 6.61 Å². The molecule has 0 N–H and O–H groups in total. The van der Waals surface area contributed by atoms with Gasteiger partial charge in [0, 0.05) is 34.4 Å². The molecule has 1 aromatic rings. The van der Waals surface area contributed by atoms with Crippen LogP contribution in [0, 0.1) is 0 Å². The van der Waals surface area contributed by atoms with Gasteiger partial charge < -0.3 is 4.74 Å². The van der Waals surface area contributed by atoms with Gasteiger partial charge in [-0.15, -0.1) is 0 Å². The Labute approximate surface area is 128 Å². The lowest BCUT2D eigenvalue weighted by atomic mass is 9.83. The number of thiol groups is 1. The van der Waals surface area contributed by atoms with E-state index >= 15 is 0 Å². The molecule has 110 valence electrons. The SMILES string of the molecule is CC1=C(CCC(=O)OCCS)C(=O)c2ccccc2C1=O. The van der Waals surface area contributed by atoms with E-state index in [1.165, 1.54) is 0 Å². The van der Waals surface area contributed by atoms with E-state index in [0.717, 1.165) is 0 Å². The smallest absolute Gasteiger partial charge is 0.306 e. The van der Waals surface area contributed by atoms with Crippen LogP contribution in [0.3, 0.4) is 0 Å². The molecule has 0 spiro atoms. The van der Waals surface area contributed by atoms with Crippen LogP contribution in [0.1, 0.15) is 40.5 Å². The van der Waals surface area contributed by atoms with Crippen molar-refractivity contribution < 1.29 is 19.1 Å². The lowest BCUT2D eigenvalue weighted by Gasteiger charge is -2.18. The van der Waals surface area contributed by atoms with Crippen molar-refractivity contribution in [3.05, 3.63) is 46.5 Å². The largest absolute Gasteiger partial charge is 0.465 e. The number of esters is 1. The number of benzene rings is 1. The average Bonchev–Trinajstić information content (AvgIpc) is 2.50. The maximum atomic E-state index is 12.4. The quantitative estimate of drug-likeness (QED) is 0.671. The highest BCUT2D eigenvalue weighted by molar-refractivity contribution is 7.80. The number of ether oxygens (including phenoxy) is 1. The first kappa shape index (κ1) is 15.5. The minimum Gasteiger partial charge on any atom is -0.465 e. The number of Topliss-reactive ketones (excluding diaryl/α,β-unsaturated/α-hetero) is 2. The van der Waals surface area contributed by atoms with E-state index in [2.05, 4.69) is 12.6 Å². The maximum absolute atomic E-state index is 12.4. The molecule has 0 heterocycles. The summed E-state index contributed by atoms with van der Waals surface area (Å²) in [4.78, 5) is 36.2. The highest BCUT2D eigenvalue weighted by Crippen LogP contribution is 2.28. The van der Waals surface area contributed by atoms with Crippen molar-refractivity contribution in [2.45, 2.75) is 19.8 Å². The summed E-state index contributed by atoms with van der Waals surface area (Å²) in [6.45, 7) is 1.88. The zero-order valence-electron chi connectivity index (χ0n) is 11.7. The van der Waals surface area contributed by atoms with E-state index < -0.39 is 0 Å². The standard InChI is InChI=1S/C16H16O4S/c1-10-11(6-7-14(17)20-8-9-21)16(19)13-5-3-2-4-12(13)15(10)18/h2-5,21H,6-9H2,1H3. The molecule has 2 rings (SSSR count). The summed E-state index contributed by atoms with van der Waals surface area (Å²) in [7, 11) is 0. The fourth-order valence-electron chi connectivity index (χ4n) is 2.31. The number of ketones is 2. The van der Waals surface area contributed by atoms with Crippen molar-refractivity contribution in [3.8, 4) is 0 Å². The molecular formula is C16H16O4S. The summed E-state index contributed by atoms with van der Waals surface area (Å²) >= 11 is 3.95. The number of hydrogen-bond donors (Lipinski definition) is 1. The highest BCUT2D eigenvalue weighted by atomic mass is 32.1. The number of carbonyl (C=O) groups excluding carboxylic acids is 3. The van der Waals surface area contributed by atoms with Crippen molar-refractivity contribution in [2.75, 3.05) is 12.4 Å². The number of allylic oxidation sites excluding steroid dienone is 2. The van der Waals surface area contributed by atoms with Crippen LogP contribution in [0.25, 0.3) is 0 Å². The van der Waals surface area contributed by atoms with Gasteiger partial charge in [-0.1, -0.05) is 24.3 Å². The third-order valence-corrected chi connectivity index (χ3v) is 3.60. The lowest BCUT2D eigenvalue weighted by molar-refractivity contribution is -0.142. The first-order valence-electron chi connectivity index (χ1n) is 6.71. The van der Waals surface area contributed by atoms with E-state index in [0.29, 0.717) is 28.0 Å².